The number of hydrogen-bond acceptors (Lipinski definition) is 2. The summed E-state index contributed by atoms with van der Waals surface area (Å²) in [5.74, 6) is 1.80. The number of aliphatic hydroxyl groups is 1. The molecule has 112 valence electrons. The number of nitrogens with one attached hydrogen (secondary N) is 1. The third-order valence-electron chi connectivity index (χ3n) is 4.89. The summed E-state index contributed by atoms with van der Waals surface area (Å²) in [6.45, 7) is 9.19. The molecule has 20 heavy (non-hydrogen) atoms. The minimum Gasteiger partial charge on any atom is -0.394 e. The minimum atomic E-state index is -0.167. The molecule has 2 N–H and O–H groups in total. The monoisotopic (exact) mass is 275 g/mol. The summed E-state index contributed by atoms with van der Waals surface area (Å²) in [5, 5.41) is 13.8. The molecule has 1 aromatic carbocycles. The summed E-state index contributed by atoms with van der Waals surface area (Å²) in [6.07, 6.45) is 3.54. The number of aryl methyl sites for hydroxylation is 1. The maximum Gasteiger partial charge on any atom is 0.0664 e. The number of benzene rings is 1. The van der Waals surface area contributed by atoms with Crippen LogP contribution < -0.4 is 5.32 Å². The number of hydrogen-bond donors (Lipinski definition) is 2. The Bertz CT molecular complexity index is 443. The Morgan fingerprint density at radius 1 is 1.35 bits per heavy atom. The van der Waals surface area contributed by atoms with Crippen LogP contribution in [0.2, 0.25) is 0 Å². The zero-order valence-electron chi connectivity index (χ0n) is 13.3. The predicted molar refractivity (Wildman–Crippen MR) is 86.0 cm³/mol. The van der Waals surface area contributed by atoms with Gasteiger partial charge in [-0.25, -0.2) is 0 Å². The Kier molecular flexibility index (Phi) is 4.74. The number of anilines is 1. The van der Waals surface area contributed by atoms with Crippen LogP contribution in [0, 0.1) is 24.7 Å². The highest BCUT2D eigenvalue weighted by Gasteiger charge is 2.43. The van der Waals surface area contributed by atoms with E-state index in [2.05, 4.69) is 57.3 Å². The highest BCUT2D eigenvalue weighted by atomic mass is 16.3. The van der Waals surface area contributed by atoms with Gasteiger partial charge in [0.1, 0.15) is 0 Å². The van der Waals surface area contributed by atoms with Crippen LogP contribution in [-0.4, -0.2) is 17.3 Å². The average Bonchev–Trinajstić information content (AvgIpc) is 2.38. The molecule has 3 atom stereocenters. The Morgan fingerprint density at radius 3 is 2.70 bits per heavy atom. The van der Waals surface area contributed by atoms with Gasteiger partial charge in [0.15, 0.2) is 0 Å². The lowest BCUT2D eigenvalue weighted by molar-refractivity contribution is 0.0685. The molecule has 2 heteroatoms. The first-order valence-corrected chi connectivity index (χ1v) is 7.92. The van der Waals surface area contributed by atoms with Gasteiger partial charge >= 0.3 is 0 Å². The molecule has 0 bridgehead atoms. The first kappa shape index (κ1) is 15.4. The summed E-state index contributed by atoms with van der Waals surface area (Å²) in [5.41, 5.74) is 2.23. The molecule has 0 heterocycles. The molecule has 2 nitrogen and oxygen atoms in total. The molecule has 1 aromatic rings. The minimum absolute atomic E-state index is 0.167. The van der Waals surface area contributed by atoms with Crippen LogP contribution in [0.15, 0.2) is 24.3 Å². The second kappa shape index (κ2) is 6.17. The van der Waals surface area contributed by atoms with Gasteiger partial charge in [0.05, 0.1) is 12.1 Å². The van der Waals surface area contributed by atoms with E-state index in [9.17, 15) is 5.11 Å². The van der Waals surface area contributed by atoms with Crippen molar-refractivity contribution >= 4 is 5.69 Å². The van der Waals surface area contributed by atoms with Crippen molar-refractivity contribution in [3.05, 3.63) is 29.8 Å². The summed E-state index contributed by atoms with van der Waals surface area (Å²) >= 11 is 0. The van der Waals surface area contributed by atoms with Crippen LogP contribution in [-0.2, 0) is 0 Å². The standard InChI is InChI=1S/C18H29NO/c1-13(2)17-9-8-15(4)11-18(17,12-20)19-16-7-5-6-14(3)10-16/h5-7,10,13,15,17,19-20H,8-9,11-12H2,1-4H3. The molecule has 0 aromatic heterocycles. The molecule has 0 aliphatic heterocycles. The van der Waals surface area contributed by atoms with Gasteiger partial charge in [0.2, 0.25) is 0 Å². The van der Waals surface area contributed by atoms with Gasteiger partial charge in [0, 0.05) is 5.69 Å². The van der Waals surface area contributed by atoms with E-state index in [1.807, 2.05) is 0 Å². The quantitative estimate of drug-likeness (QED) is 0.862. The van der Waals surface area contributed by atoms with Crippen molar-refractivity contribution in [3.8, 4) is 0 Å². The molecule has 0 saturated heterocycles. The van der Waals surface area contributed by atoms with Crippen LogP contribution in [0.4, 0.5) is 5.69 Å². The Labute approximate surface area is 123 Å². The van der Waals surface area contributed by atoms with Crippen molar-refractivity contribution < 1.29 is 5.11 Å². The van der Waals surface area contributed by atoms with Gasteiger partial charge in [-0.2, -0.15) is 0 Å². The first-order valence-electron chi connectivity index (χ1n) is 7.92. The van der Waals surface area contributed by atoms with Crippen LogP contribution in [0.3, 0.4) is 0 Å². The predicted octanol–water partition coefficient (Wildman–Crippen LogP) is 4.23. The first-order chi connectivity index (χ1) is 9.47. The van der Waals surface area contributed by atoms with Gasteiger partial charge in [-0.1, -0.05) is 39.3 Å². The van der Waals surface area contributed by atoms with E-state index in [1.165, 1.54) is 18.4 Å². The smallest absolute Gasteiger partial charge is 0.0664 e. The largest absolute Gasteiger partial charge is 0.394 e. The van der Waals surface area contributed by atoms with E-state index < -0.39 is 0 Å². The van der Waals surface area contributed by atoms with Crippen molar-refractivity contribution in [2.75, 3.05) is 11.9 Å². The molecule has 3 unspecified atom stereocenters. The van der Waals surface area contributed by atoms with Crippen molar-refractivity contribution in [1.29, 1.82) is 0 Å². The van der Waals surface area contributed by atoms with Gasteiger partial charge in [-0.15, -0.1) is 0 Å². The Hall–Kier alpha value is -1.02. The zero-order valence-corrected chi connectivity index (χ0v) is 13.3. The summed E-state index contributed by atoms with van der Waals surface area (Å²) < 4.78 is 0. The fourth-order valence-corrected chi connectivity index (χ4v) is 3.96. The van der Waals surface area contributed by atoms with Crippen LogP contribution in [0.1, 0.15) is 45.6 Å². The Balaban J connectivity index is 2.29. The second-order valence-electron chi connectivity index (χ2n) is 7.05. The third-order valence-corrected chi connectivity index (χ3v) is 4.89. The molecule has 1 fully saturated rings. The van der Waals surface area contributed by atoms with Gasteiger partial charge in [0.25, 0.3) is 0 Å². The highest BCUT2D eigenvalue weighted by molar-refractivity contribution is 5.48. The molecule has 0 spiro atoms. The third kappa shape index (κ3) is 3.17. The maximum atomic E-state index is 10.1. The van der Waals surface area contributed by atoms with Gasteiger partial charge in [-0.3, -0.25) is 0 Å². The molecule has 1 aliphatic rings. The van der Waals surface area contributed by atoms with Crippen molar-refractivity contribution in [2.24, 2.45) is 17.8 Å². The summed E-state index contributed by atoms with van der Waals surface area (Å²) in [7, 11) is 0. The van der Waals surface area contributed by atoms with Crippen LogP contribution in [0.25, 0.3) is 0 Å². The highest BCUT2D eigenvalue weighted by Crippen LogP contribution is 2.42. The average molecular weight is 275 g/mol. The molecule has 2 rings (SSSR count). The lowest BCUT2D eigenvalue weighted by Crippen LogP contribution is -2.54. The van der Waals surface area contributed by atoms with Gasteiger partial charge in [-0.05, 0) is 55.2 Å². The molecule has 1 aliphatic carbocycles. The topological polar surface area (TPSA) is 32.3 Å². The lowest BCUT2D eigenvalue weighted by Gasteiger charge is -2.48. The fourth-order valence-electron chi connectivity index (χ4n) is 3.96. The normalized spacial score (nSPS) is 30.5. The summed E-state index contributed by atoms with van der Waals surface area (Å²) in [6, 6.07) is 8.48. The molecular weight excluding hydrogens is 246 g/mol. The van der Waals surface area contributed by atoms with E-state index in [0.29, 0.717) is 17.8 Å². The van der Waals surface area contributed by atoms with Crippen molar-refractivity contribution in [2.45, 2.75) is 52.5 Å². The van der Waals surface area contributed by atoms with Crippen LogP contribution in [0.5, 0.6) is 0 Å². The van der Waals surface area contributed by atoms with E-state index >= 15 is 0 Å². The molecule has 0 radical (unpaired) electrons. The molecular formula is C18H29NO. The second-order valence-corrected chi connectivity index (χ2v) is 7.05. The van der Waals surface area contributed by atoms with E-state index in [-0.39, 0.29) is 12.1 Å². The Morgan fingerprint density at radius 2 is 2.10 bits per heavy atom. The number of rotatable bonds is 4. The molecule has 1 saturated carbocycles. The van der Waals surface area contributed by atoms with E-state index in [1.54, 1.807) is 0 Å². The maximum absolute atomic E-state index is 10.1. The lowest BCUT2D eigenvalue weighted by atomic mass is 9.65. The van der Waals surface area contributed by atoms with E-state index in [4.69, 9.17) is 0 Å². The van der Waals surface area contributed by atoms with Crippen molar-refractivity contribution in [1.82, 2.24) is 0 Å². The summed E-state index contributed by atoms with van der Waals surface area (Å²) in [4.78, 5) is 0. The molecule has 0 amide bonds. The van der Waals surface area contributed by atoms with Crippen LogP contribution >= 0.6 is 0 Å². The number of aliphatic hydroxyl groups excluding tert-OH is 1. The van der Waals surface area contributed by atoms with E-state index in [0.717, 1.165) is 12.1 Å². The van der Waals surface area contributed by atoms with Crippen molar-refractivity contribution in [3.63, 3.8) is 0 Å². The SMILES string of the molecule is Cc1cccc(NC2(CO)CC(C)CCC2C(C)C)c1. The fraction of sp³-hybridized carbons (Fsp3) is 0.667. The zero-order chi connectivity index (χ0) is 14.8. The van der Waals surface area contributed by atoms with Gasteiger partial charge < -0.3 is 10.4 Å².